The van der Waals surface area contributed by atoms with Crippen LogP contribution >= 0.6 is 0 Å². The summed E-state index contributed by atoms with van der Waals surface area (Å²) in [5.74, 6) is -4.37. The third-order valence-electron chi connectivity index (χ3n) is 7.57. The molecule has 1 saturated heterocycles. The zero-order valence-electron chi connectivity index (χ0n) is 25.1. The fourth-order valence-corrected chi connectivity index (χ4v) is 5.11. The Labute approximate surface area is 260 Å². The van der Waals surface area contributed by atoms with Crippen LogP contribution in [-0.2, 0) is 36.8 Å². The van der Waals surface area contributed by atoms with Crippen LogP contribution in [0.2, 0.25) is 0 Å². The van der Waals surface area contributed by atoms with Crippen LogP contribution < -0.4 is 21.7 Å². The number of nitrogens with one attached hydrogen (secondary N) is 3. The molecule has 0 spiro atoms. The molecule has 0 bridgehead atoms. The summed E-state index contributed by atoms with van der Waals surface area (Å²) in [5.41, 5.74) is 7.60. The van der Waals surface area contributed by atoms with Crippen LogP contribution in [0.1, 0.15) is 37.8 Å². The summed E-state index contributed by atoms with van der Waals surface area (Å²) in [6, 6.07) is 8.59. The number of carbonyl (C=O) groups is 5. The number of phenolic OH excluding ortho intramolecular Hbond substituents is 1. The highest BCUT2D eigenvalue weighted by Gasteiger charge is 2.39. The quantitative estimate of drug-likeness (QED) is 0.125. The molecule has 0 saturated carbocycles. The summed E-state index contributed by atoms with van der Waals surface area (Å²) in [5, 5.41) is 46.0. The average Bonchev–Trinajstić information content (AvgIpc) is 3.49. The highest BCUT2D eigenvalue weighted by Crippen LogP contribution is 2.20. The van der Waals surface area contributed by atoms with Gasteiger partial charge in [-0.1, -0.05) is 42.5 Å². The van der Waals surface area contributed by atoms with Gasteiger partial charge in [-0.3, -0.25) is 19.2 Å². The van der Waals surface area contributed by atoms with Crippen LogP contribution in [0.4, 0.5) is 0 Å². The van der Waals surface area contributed by atoms with Crippen molar-refractivity contribution in [3.8, 4) is 5.75 Å². The van der Waals surface area contributed by atoms with E-state index in [4.69, 9.17) is 5.73 Å². The second-order valence-electron chi connectivity index (χ2n) is 11.2. The predicted molar refractivity (Wildman–Crippen MR) is 161 cm³/mol. The smallest absolute Gasteiger partial charge is 0.328 e. The van der Waals surface area contributed by atoms with Gasteiger partial charge < -0.3 is 47.0 Å². The molecule has 0 radical (unpaired) electrons. The first-order valence-corrected chi connectivity index (χ1v) is 14.7. The number of nitrogens with two attached hydrogens (primary N) is 1. The van der Waals surface area contributed by atoms with Gasteiger partial charge in [0.05, 0.1) is 18.2 Å². The number of nitrogens with zero attached hydrogens (tertiary/aromatic N) is 1. The first-order valence-electron chi connectivity index (χ1n) is 14.7. The van der Waals surface area contributed by atoms with Gasteiger partial charge in [0.2, 0.25) is 23.6 Å². The normalized spacial score (nSPS) is 18.5. The number of carbonyl (C=O) groups excluding carboxylic acids is 4. The average molecular weight is 628 g/mol. The standard InChI is InChI=1S/C31H41N5O9/c1-17(37)25(29(42)35-26(18(2)38)31(44)45)34-27(40)23(16-19-7-4-3-5-8-19)33-28(41)24-9-6-14-36(24)30(43)22(32)15-20-10-12-21(39)13-11-20/h3-5,7-8,10-13,17-18,22-26,37-39H,6,9,14-16,32H2,1-2H3,(H,33,41)(H,34,40)(H,35,42)(H,44,45)/t17-,18-,22+,23+,24+,25+,26+/m1/s1. The van der Waals surface area contributed by atoms with Gasteiger partial charge in [0.15, 0.2) is 6.04 Å². The van der Waals surface area contributed by atoms with Crippen molar-refractivity contribution in [1.82, 2.24) is 20.9 Å². The summed E-state index contributed by atoms with van der Waals surface area (Å²) < 4.78 is 0. The molecule has 0 unspecified atom stereocenters. The van der Waals surface area contributed by atoms with Crippen molar-refractivity contribution in [2.45, 2.75) is 81.9 Å². The lowest BCUT2D eigenvalue weighted by molar-refractivity contribution is -0.146. The number of amides is 4. The molecule has 0 aromatic heterocycles. The number of aliphatic hydroxyl groups is 2. The fraction of sp³-hybridized carbons (Fsp3) is 0.452. The van der Waals surface area contributed by atoms with Gasteiger partial charge in [-0.2, -0.15) is 0 Å². The number of likely N-dealkylation sites (tertiary alicyclic amines) is 1. The summed E-state index contributed by atoms with van der Waals surface area (Å²) in [6.07, 6.45) is -1.89. The molecule has 7 atom stereocenters. The summed E-state index contributed by atoms with van der Waals surface area (Å²) in [7, 11) is 0. The Morgan fingerprint density at radius 1 is 0.844 bits per heavy atom. The number of carboxylic acid groups (broad SMARTS) is 1. The third-order valence-corrected chi connectivity index (χ3v) is 7.57. The minimum atomic E-state index is -1.69. The lowest BCUT2D eigenvalue weighted by atomic mass is 10.0. The second kappa shape index (κ2) is 16.0. The first kappa shape index (κ1) is 35.0. The highest BCUT2D eigenvalue weighted by atomic mass is 16.4. The van der Waals surface area contributed by atoms with E-state index in [1.54, 1.807) is 42.5 Å². The van der Waals surface area contributed by atoms with E-state index in [1.807, 2.05) is 0 Å². The Morgan fingerprint density at radius 3 is 2.00 bits per heavy atom. The van der Waals surface area contributed by atoms with Crippen LogP contribution in [0, 0.1) is 0 Å². The van der Waals surface area contributed by atoms with E-state index >= 15 is 0 Å². The van der Waals surface area contributed by atoms with Crippen LogP contribution in [0.3, 0.4) is 0 Å². The van der Waals surface area contributed by atoms with Crippen molar-refractivity contribution in [1.29, 1.82) is 0 Å². The van der Waals surface area contributed by atoms with Crippen molar-refractivity contribution >= 4 is 29.6 Å². The molecule has 1 heterocycles. The largest absolute Gasteiger partial charge is 0.508 e. The van der Waals surface area contributed by atoms with Gasteiger partial charge >= 0.3 is 5.97 Å². The van der Waals surface area contributed by atoms with Crippen LogP contribution in [0.15, 0.2) is 54.6 Å². The molecule has 244 valence electrons. The fourth-order valence-electron chi connectivity index (χ4n) is 5.11. The van der Waals surface area contributed by atoms with E-state index in [9.17, 15) is 44.4 Å². The molecule has 45 heavy (non-hydrogen) atoms. The highest BCUT2D eigenvalue weighted by molar-refractivity contribution is 5.96. The molecule has 9 N–H and O–H groups in total. The molecule has 14 nitrogen and oxygen atoms in total. The molecule has 1 fully saturated rings. The molecule has 1 aliphatic rings. The van der Waals surface area contributed by atoms with Gasteiger partial charge in [0, 0.05) is 13.0 Å². The van der Waals surface area contributed by atoms with Gasteiger partial charge in [0.25, 0.3) is 0 Å². The van der Waals surface area contributed by atoms with Crippen molar-refractivity contribution < 1.29 is 44.4 Å². The molecular weight excluding hydrogens is 586 g/mol. The van der Waals surface area contributed by atoms with Crippen LogP contribution in [-0.4, -0.2) is 104 Å². The number of aliphatic carboxylic acids is 1. The van der Waals surface area contributed by atoms with Gasteiger partial charge in [-0.05, 0) is 56.4 Å². The van der Waals surface area contributed by atoms with Gasteiger partial charge in [-0.25, -0.2) is 4.79 Å². The zero-order valence-corrected chi connectivity index (χ0v) is 25.1. The summed E-state index contributed by atoms with van der Waals surface area (Å²) in [4.78, 5) is 66.1. The minimum absolute atomic E-state index is 0.000973. The molecule has 14 heteroatoms. The Morgan fingerprint density at radius 2 is 1.42 bits per heavy atom. The maximum Gasteiger partial charge on any atom is 0.328 e. The minimum Gasteiger partial charge on any atom is -0.508 e. The number of hydrogen-bond acceptors (Lipinski definition) is 9. The Kier molecular flexibility index (Phi) is 12.4. The van der Waals surface area contributed by atoms with E-state index in [-0.39, 0.29) is 25.1 Å². The van der Waals surface area contributed by atoms with Crippen molar-refractivity contribution in [2.75, 3.05) is 6.54 Å². The lowest BCUT2D eigenvalue weighted by Gasteiger charge is -2.29. The molecule has 1 aliphatic heterocycles. The number of carboxylic acids is 1. The lowest BCUT2D eigenvalue weighted by Crippen LogP contribution is -2.61. The van der Waals surface area contributed by atoms with Crippen molar-refractivity contribution in [3.05, 3.63) is 65.7 Å². The van der Waals surface area contributed by atoms with Gasteiger partial charge in [-0.15, -0.1) is 0 Å². The zero-order chi connectivity index (χ0) is 33.3. The topological polar surface area (TPSA) is 232 Å². The Bertz CT molecular complexity index is 1340. The molecule has 4 amide bonds. The van der Waals surface area contributed by atoms with E-state index in [1.165, 1.54) is 24.0 Å². The summed E-state index contributed by atoms with van der Waals surface area (Å²) >= 11 is 0. The third kappa shape index (κ3) is 9.73. The number of aliphatic hydroxyl groups excluding tert-OH is 2. The van der Waals surface area contributed by atoms with E-state index in [0.717, 1.165) is 12.5 Å². The number of benzene rings is 2. The van der Waals surface area contributed by atoms with E-state index in [0.29, 0.717) is 18.4 Å². The molecule has 0 aliphatic carbocycles. The van der Waals surface area contributed by atoms with E-state index in [2.05, 4.69) is 16.0 Å². The first-order chi connectivity index (χ1) is 21.3. The van der Waals surface area contributed by atoms with Gasteiger partial charge in [0.1, 0.15) is 23.9 Å². The number of phenols is 1. The van der Waals surface area contributed by atoms with Crippen molar-refractivity contribution in [3.63, 3.8) is 0 Å². The monoisotopic (exact) mass is 627 g/mol. The summed E-state index contributed by atoms with van der Waals surface area (Å²) in [6.45, 7) is 2.67. The van der Waals surface area contributed by atoms with E-state index < -0.39 is 72.0 Å². The molecular formula is C31H41N5O9. The van der Waals surface area contributed by atoms with Crippen LogP contribution in [0.5, 0.6) is 5.75 Å². The molecule has 2 aromatic rings. The SMILES string of the molecule is C[C@@H](O)[C@H](NC(=O)[C@@H](NC(=O)[C@H](Cc1ccccc1)NC(=O)[C@@H]1CCCN1C(=O)[C@@H](N)Cc1ccc(O)cc1)[C@@H](C)O)C(=O)O. The Balaban J connectivity index is 1.76. The number of rotatable bonds is 14. The maximum absolute atomic E-state index is 13.6. The van der Waals surface area contributed by atoms with Crippen molar-refractivity contribution in [2.24, 2.45) is 5.73 Å². The second-order valence-corrected chi connectivity index (χ2v) is 11.2. The number of aromatic hydroxyl groups is 1. The molecule has 3 rings (SSSR count). The van der Waals surface area contributed by atoms with Crippen LogP contribution in [0.25, 0.3) is 0 Å². The Hall–Kier alpha value is -4.53. The molecule has 2 aromatic carbocycles. The number of hydrogen-bond donors (Lipinski definition) is 8. The maximum atomic E-state index is 13.6. The predicted octanol–water partition coefficient (Wildman–Crippen LogP) is -1.20.